The first-order valence-electron chi connectivity index (χ1n) is 7.64. The molecule has 0 spiro atoms. The minimum Gasteiger partial charge on any atom is -0.394 e. The molecule has 4 unspecified atom stereocenters. The van der Waals surface area contributed by atoms with Crippen molar-refractivity contribution in [1.82, 2.24) is 0 Å². The second-order valence-electron chi connectivity index (χ2n) is 6.41. The molecule has 0 heterocycles. The van der Waals surface area contributed by atoms with Gasteiger partial charge in [0.25, 0.3) is 0 Å². The third-order valence-electron chi connectivity index (χ3n) is 4.07. The van der Waals surface area contributed by atoms with Crippen LogP contribution in [0.4, 0.5) is 0 Å². The lowest BCUT2D eigenvalue weighted by molar-refractivity contribution is -0.136. The third-order valence-corrected chi connectivity index (χ3v) is 4.07. The molecule has 0 radical (unpaired) electrons. The first kappa shape index (κ1) is 18.9. The summed E-state index contributed by atoms with van der Waals surface area (Å²) in [6.45, 7) is 15.6. The van der Waals surface area contributed by atoms with E-state index in [0.29, 0.717) is 18.4 Å². The molecule has 0 aliphatic rings. The normalized spacial score (nSPS) is 18.9. The zero-order valence-electron chi connectivity index (χ0n) is 13.9. The molecule has 0 saturated heterocycles. The van der Waals surface area contributed by atoms with Crippen molar-refractivity contribution in [2.75, 3.05) is 13.2 Å². The van der Waals surface area contributed by atoms with Gasteiger partial charge in [-0.1, -0.05) is 33.6 Å². The van der Waals surface area contributed by atoms with Crippen LogP contribution in [-0.4, -0.2) is 36.1 Å². The monoisotopic (exact) mass is 274 g/mol. The van der Waals surface area contributed by atoms with E-state index in [1.165, 1.54) is 12.8 Å². The Kier molecular flexibility index (Phi) is 8.88. The van der Waals surface area contributed by atoms with E-state index in [1.54, 1.807) is 0 Å². The third kappa shape index (κ3) is 7.28. The Morgan fingerprint density at radius 2 is 1.63 bits per heavy atom. The molecule has 3 heteroatoms. The highest BCUT2D eigenvalue weighted by molar-refractivity contribution is 4.81. The van der Waals surface area contributed by atoms with Crippen molar-refractivity contribution in [3.8, 4) is 0 Å². The van der Waals surface area contributed by atoms with Gasteiger partial charge in [-0.25, -0.2) is 0 Å². The van der Waals surface area contributed by atoms with Crippen molar-refractivity contribution in [1.29, 1.82) is 0 Å². The number of hydrogen-bond acceptors (Lipinski definition) is 3. The van der Waals surface area contributed by atoms with Crippen LogP contribution in [0.2, 0.25) is 0 Å². The lowest BCUT2D eigenvalue weighted by atomic mass is 9.80. The highest BCUT2D eigenvalue weighted by Gasteiger charge is 2.32. The van der Waals surface area contributed by atoms with E-state index < -0.39 is 0 Å². The van der Waals surface area contributed by atoms with Gasteiger partial charge < -0.3 is 14.6 Å². The van der Waals surface area contributed by atoms with Gasteiger partial charge in [-0.3, -0.25) is 0 Å². The predicted molar refractivity (Wildman–Crippen MR) is 80.4 cm³/mol. The maximum Gasteiger partial charge on any atom is 0.0788 e. The second-order valence-corrected chi connectivity index (χ2v) is 6.41. The molecule has 3 nitrogen and oxygen atoms in total. The summed E-state index contributed by atoms with van der Waals surface area (Å²) >= 11 is 0. The average molecular weight is 274 g/mol. The smallest absolute Gasteiger partial charge is 0.0788 e. The van der Waals surface area contributed by atoms with Gasteiger partial charge in [0.15, 0.2) is 0 Å². The molecule has 0 aromatic carbocycles. The summed E-state index contributed by atoms with van der Waals surface area (Å²) in [5.41, 5.74) is -0.153. The van der Waals surface area contributed by atoms with Gasteiger partial charge in [0.2, 0.25) is 0 Å². The fourth-order valence-corrected chi connectivity index (χ4v) is 2.40. The molecule has 0 aromatic heterocycles. The van der Waals surface area contributed by atoms with Crippen LogP contribution in [0.1, 0.15) is 61.3 Å². The largest absolute Gasteiger partial charge is 0.394 e. The Labute approximate surface area is 119 Å². The van der Waals surface area contributed by atoms with Crippen LogP contribution in [0.15, 0.2) is 0 Å². The Hall–Kier alpha value is -0.120. The number of rotatable bonds is 10. The highest BCUT2D eigenvalue weighted by Crippen LogP contribution is 2.31. The zero-order valence-corrected chi connectivity index (χ0v) is 13.9. The standard InChI is InChI=1S/C16H34O3/c1-8-9-12(2)15(5)16(6,7)19-14(4)11-18-13(3)10-17/h12-15,17H,8-11H2,1-7H3. The van der Waals surface area contributed by atoms with Gasteiger partial charge in [0.05, 0.1) is 31.0 Å². The molecule has 116 valence electrons. The van der Waals surface area contributed by atoms with Crippen LogP contribution in [0.25, 0.3) is 0 Å². The lowest BCUT2D eigenvalue weighted by Gasteiger charge is -2.38. The molecule has 0 saturated carbocycles. The van der Waals surface area contributed by atoms with Crippen LogP contribution in [-0.2, 0) is 9.47 Å². The van der Waals surface area contributed by atoms with E-state index in [-0.39, 0.29) is 24.4 Å². The van der Waals surface area contributed by atoms with Gasteiger partial charge in [-0.2, -0.15) is 0 Å². The number of ether oxygens (including phenoxy) is 2. The molecule has 4 atom stereocenters. The lowest BCUT2D eigenvalue weighted by Crippen LogP contribution is -2.40. The van der Waals surface area contributed by atoms with Crippen LogP contribution < -0.4 is 0 Å². The highest BCUT2D eigenvalue weighted by atomic mass is 16.6. The van der Waals surface area contributed by atoms with E-state index in [4.69, 9.17) is 14.6 Å². The molecule has 0 aliphatic heterocycles. The molecular weight excluding hydrogens is 240 g/mol. The molecular formula is C16H34O3. The zero-order chi connectivity index (χ0) is 15.1. The van der Waals surface area contributed by atoms with Crippen molar-refractivity contribution >= 4 is 0 Å². The Balaban J connectivity index is 4.25. The van der Waals surface area contributed by atoms with Gasteiger partial charge in [-0.05, 0) is 39.5 Å². The fourth-order valence-electron chi connectivity index (χ4n) is 2.40. The Bertz CT molecular complexity index is 228. The SMILES string of the molecule is CCCC(C)C(C)C(C)(C)OC(C)COC(C)CO. The number of aliphatic hydroxyl groups is 1. The van der Waals surface area contributed by atoms with E-state index in [1.807, 2.05) is 13.8 Å². The van der Waals surface area contributed by atoms with Gasteiger partial charge in [-0.15, -0.1) is 0 Å². The second kappa shape index (κ2) is 8.93. The number of aliphatic hydroxyl groups excluding tert-OH is 1. The van der Waals surface area contributed by atoms with Crippen molar-refractivity contribution in [2.24, 2.45) is 11.8 Å². The summed E-state index contributed by atoms with van der Waals surface area (Å²) in [7, 11) is 0. The minimum absolute atomic E-state index is 0.0419. The summed E-state index contributed by atoms with van der Waals surface area (Å²) < 4.78 is 11.7. The van der Waals surface area contributed by atoms with E-state index in [0.717, 1.165) is 0 Å². The topological polar surface area (TPSA) is 38.7 Å². The molecule has 0 bridgehead atoms. The maximum atomic E-state index is 8.93. The Morgan fingerprint density at radius 1 is 1.05 bits per heavy atom. The fraction of sp³-hybridized carbons (Fsp3) is 1.00. The van der Waals surface area contributed by atoms with E-state index >= 15 is 0 Å². The van der Waals surface area contributed by atoms with Gasteiger partial charge in [0, 0.05) is 0 Å². The van der Waals surface area contributed by atoms with Crippen LogP contribution in [0, 0.1) is 11.8 Å². The first-order chi connectivity index (χ1) is 8.74. The predicted octanol–water partition coefficient (Wildman–Crippen LogP) is 3.64. The quantitative estimate of drug-likeness (QED) is 0.661. The van der Waals surface area contributed by atoms with Crippen molar-refractivity contribution < 1.29 is 14.6 Å². The summed E-state index contributed by atoms with van der Waals surface area (Å²) in [5.74, 6) is 1.16. The summed E-state index contributed by atoms with van der Waals surface area (Å²) in [6.07, 6.45) is 2.38. The van der Waals surface area contributed by atoms with Crippen LogP contribution in [0.3, 0.4) is 0 Å². The van der Waals surface area contributed by atoms with E-state index in [2.05, 4.69) is 34.6 Å². The molecule has 0 rings (SSSR count). The molecule has 19 heavy (non-hydrogen) atoms. The molecule has 0 fully saturated rings. The van der Waals surface area contributed by atoms with Crippen LogP contribution in [0.5, 0.6) is 0 Å². The van der Waals surface area contributed by atoms with Gasteiger partial charge >= 0.3 is 0 Å². The summed E-state index contributed by atoms with van der Waals surface area (Å²) in [4.78, 5) is 0. The minimum atomic E-state index is -0.153. The molecule has 0 aliphatic carbocycles. The maximum absolute atomic E-state index is 8.93. The van der Waals surface area contributed by atoms with Crippen molar-refractivity contribution in [3.63, 3.8) is 0 Å². The number of hydrogen-bond donors (Lipinski definition) is 1. The van der Waals surface area contributed by atoms with E-state index in [9.17, 15) is 0 Å². The molecule has 1 N–H and O–H groups in total. The molecule has 0 aromatic rings. The van der Waals surface area contributed by atoms with Crippen molar-refractivity contribution in [2.45, 2.75) is 79.1 Å². The van der Waals surface area contributed by atoms with Crippen molar-refractivity contribution in [3.05, 3.63) is 0 Å². The van der Waals surface area contributed by atoms with Gasteiger partial charge in [0.1, 0.15) is 0 Å². The van der Waals surface area contributed by atoms with Crippen LogP contribution >= 0.6 is 0 Å². The molecule has 0 amide bonds. The Morgan fingerprint density at radius 3 is 2.11 bits per heavy atom. The summed E-state index contributed by atoms with van der Waals surface area (Å²) in [5, 5.41) is 8.93. The first-order valence-corrected chi connectivity index (χ1v) is 7.64. The average Bonchev–Trinajstić information content (AvgIpc) is 2.34. The summed E-state index contributed by atoms with van der Waals surface area (Å²) in [6, 6.07) is 0.